The van der Waals surface area contributed by atoms with Crippen molar-refractivity contribution in [2.24, 2.45) is 0 Å². The van der Waals surface area contributed by atoms with E-state index in [0.717, 1.165) is 0 Å². The largest absolute Gasteiger partial charge is 0.436 e. The minimum atomic E-state index is -0.567. The first-order chi connectivity index (χ1) is 7.24. The summed E-state index contributed by atoms with van der Waals surface area (Å²) in [4.78, 5) is 11.2. The van der Waals surface area contributed by atoms with Crippen molar-refractivity contribution in [2.45, 2.75) is 0 Å². The highest BCUT2D eigenvalue weighted by molar-refractivity contribution is 14.1. The summed E-state index contributed by atoms with van der Waals surface area (Å²) in [5.41, 5.74) is 0.520. The Labute approximate surface area is 106 Å². The summed E-state index contributed by atoms with van der Waals surface area (Å²) < 4.78 is 7.34. The molecule has 1 amide bonds. The maximum absolute atomic E-state index is 11.2. The number of carbonyl (C=O) groups is 1. The van der Waals surface area contributed by atoms with Crippen molar-refractivity contribution in [3.63, 3.8) is 0 Å². The molecule has 0 aliphatic heterocycles. The third-order valence-corrected chi connectivity index (χ3v) is 2.16. The van der Waals surface area contributed by atoms with Gasteiger partial charge >= 0.3 is 6.09 Å². The molecule has 0 bridgehead atoms. The SMILES string of the molecule is O=C(Nc1ccccc1Cl)OCC#CI. The van der Waals surface area contributed by atoms with E-state index >= 15 is 0 Å². The third kappa shape index (κ3) is 4.40. The van der Waals surface area contributed by atoms with Crippen LogP contribution in [0.2, 0.25) is 5.02 Å². The van der Waals surface area contributed by atoms with E-state index in [2.05, 4.69) is 15.2 Å². The summed E-state index contributed by atoms with van der Waals surface area (Å²) in [6.07, 6.45) is -0.567. The second-order valence-corrected chi connectivity index (χ2v) is 3.40. The van der Waals surface area contributed by atoms with E-state index in [9.17, 15) is 4.79 Å². The van der Waals surface area contributed by atoms with Gasteiger partial charge in [0.1, 0.15) is 0 Å². The molecule has 0 heterocycles. The predicted octanol–water partition coefficient (Wildman–Crippen LogP) is 3.28. The van der Waals surface area contributed by atoms with Gasteiger partial charge in [0.2, 0.25) is 0 Å². The molecule has 0 radical (unpaired) electrons. The van der Waals surface area contributed by atoms with Crippen molar-refractivity contribution in [3.05, 3.63) is 29.3 Å². The summed E-state index contributed by atoms with van der Waals surface area (Å²) >= 11 is 7.70. The van der Waals surface area contributed by atoms with Gasteiger partial charge in [-0.1, -0.05) is 29.7 Å². The van der Waals surface area contributed by atoms with Gasteiger partial charge in [0.25, 0.3) is 0 Å². The maximum atomic E-state index is 11.2. The Morgan fingerprint density at radius 1 is 1.53 bits per heavy atom. The standard InChI is InChI=1S/C10H7ClINO2/c11-8-4-1-2-5-9(8)13-10(14)15-7-3-6-12/h1-2,4-5H,7H2,(H,13,14). The monoisotopic (exact) mass is 335 g/mol. The Morgan fingerprint density at radius 2 is 2.27 bits per heavy atom. The van der Waals surface area contributed by atoms with Gasteiger partial charge < -0.3 is 4.74 Å². The van der Waals surface area contributed by atoms with Gasteiger partial charge in [0.05, 0.1) is 10.7 Å². The molecule has 5 heteroatoms. The fourth-order valence-electron chi connectivity index (χ4n) is 0.838. The molecule has 0 aliphatic carbocycles. The molecule has 3 nitrogen and oxygen atoms in total. The summed E-state index contributed by atoms with van der Waals surface area (Å²) in [5, 5.41) is 2.97. The molecule has 0 unspecified atom stereocenters. The number of amides is 1. The van der Waals surface area contributed by atoms with Crippen LogP contribution in [0, 0.1) is 9.85 Å². The van der Waals surface area contributed by atoms with E-state index in [1.807, 2.05) is 22.6 Å². The minimum absolute atomic E-state index is 0.0687. The Morgan fingerprint density at radius 3 is 2.93 bits per heavy atom. The topological polar surface area (TPSA) is 38.3 Å². The van der Waals surface area contributed by atoms with Crippen molar-refractivity contribution in [3.8, 4) is 9.85 Å². The Hall–Kier alpha value is -0.930. The predicted molar refractivity (Wildman–Crippen MR) is 68.2 cm³/mol. The summed E-state index contributed by atoms with van der Waals surface area (Å²) in [5.74, 6) is 2.60. The van der Waals surface area contributed by atoms with Crippen molar-refractivity contribution in [2.75, 3.05) is 11.9 Å². The number of hydrogen-bond donors (Lipinski definition) is 1. The first-order valence-corrected chi connectivity index (χ1v) is 5.46. The average molecular weight is 336 g/mol. The number of ether oxygens (including phenoxy) is 1. The van der Waals surface area contributed by atoms with Crippen LogP contribution in [0.15, 0.2) is 24.3 Å². The fraction of sp³-hybridized carbons (Fsp3) is 0.100. The molecule has 1 rings (SSSR count). The molecule has 0 atom stereocenters. The first-order valence-electron chi connectivity index (χ1n) is 4.01. The maximum Gasteiger partial charge on any atom is 0.412 e. The van der Waals surface area contributed by atoms with Gasteiger partial charge in [-0.25, -0.2) is 4.79 Å². The number of halogens is 2. The van der Waals surface area contributed by atoms with Crippen LogP contribution in [0.4, 0.5) is 10.5 Å². The normalized spacial score (nSPS) is 8.67. The lowest BCUT2D eigenvalue weighted by atomic mass is 10.3. The quantitative estimate of drug-likeness (QED) is 0.665. The van der Waals surface area contributed by atoms with E-state index < -0.39 is 6.09 Å². The van der Waals surface area contributed by atoms with Crippen LogP contribution in [0.5, 0.6) is 0 Å². The van der Waals surface area contributed by atoms with Gasteiger partial charge in [-0.2, -0.15) is 0 Å². The lowest BCUT2D eigenvalue weighted by molar-refractivity contribution is 0.176. The number of nitrogens with one attached hydrogen (secondary N) is 1. The van der Waals surface area contributed by atoms with Crippen LogP contribution < -0.4 is 5.32 Å². The number of anilines is 1. The molecule has 15 heavy (non-hydrogen) atoms. The molecular weight excluding hydrogens is 328 g/mol. The van der Waals surface area contributed by atoms with E-state index in [-0.39, 0.29) is 6.61 Å². The van der Waals surface area contributed by atoms with Crippen LogP contribution in [0.3, 0.4) is 0 Å². The van der Waals surface area contributed by atoms with Gasteiger partial charge in [-0.05, 0) is 16.1 Å². The van der Waals surface area contributed by atoms with Gasteiger partial charge in [-0.15, -0.1) is 0 Å². The third-order valence-electron chi connectivity index (χ3n) is 1.45. The molecule has 78 valence electrons. The van der Waals surface area contributed by atoms with Crippen molar-refractivity contribution in [1.82, 2.24) is 0 Å². The zero-order chi connectivity index (χ0) is 11.1. The van der Waals surface area contributed by atoms with E-state index in [0.29, 0.717) is 10.7 Å². The highest BCUT2D eigenvalue weighted by Gasteiger charge is 2.04. The second kappa shape index (κ2) is 6.53. The van der Waals surface area contributed by atoms with Crippen LogP contribution in [-0.2, 0) is 4.74 Å². The highest BCUT2D eigenvalue weighted by atomic mass is 127. The number of para-hydroxylation sites is 1. The molecule has 0 saturated carbocycles. The molecule has 1 N–H and O–H groups in total. The zero-order valence-corrected chi connectivity index (χ0v) is 10.5. The smallest absolute Gasteiger partial charge is 0.412 e. The fourth-order valence-corrected chi connectivity index (χ4v) is 1.18. The minimum Gasteiger partial charge on any atom is -0.436 e. The van der Waals surface area contributed by atoms with Crippen molar-refractivity contribution >= 4 is 46.0 Å². The van der Waals surface area contributed by atoms with Crippen LogP contribution >= 0.6 is 34.2 Å². The molecule has 0 spiro atoms. The summed E-state index contributed by atoms with van der Waals surface area (Å²) in [6, 6.07) is 6.92. The molecule has 0 aromatic heterocycles. The number of rotatable bonds is 2. The molecule has 0 fully saturated rings. The number of benzene rings is 1. The highest BCUT2D eigenvalue weighted by Crippen LogP contribution is 2.20. The number of hydrogen-bond acceptors (Lipinski definition) is 2. The Balaban J connectivity index is 2.50. The molecule has 1 aromatic carbocycles. The molecular formula is C10H7ClINO2. The number of carbonyl (C=O) groups excluding carboxylic acids is 1. The lowest BCUT2D eigenvalue weighted by Crippen LogP contribution is -2.13. The van der Waals surface area contributed by atoms with Gasteiger partial charge in [-0.3, -0.25) is 5.32 Å². The van der Waals surface area contributed by atoms with Crippen LogP contribution in [0.25, 0.3) is 0 Å². The average Bonchev–Trinajstić information content (AvgIpc) is 2.22. The van der Waals surface area contributed by atoms with Gasteiger partial charge in [0.15, 0.2) is 6.61 Å². The van der Waals surface area contributed by atoms with Gasteiger partial charge in [0, 0.05) is 22.6 Å². The van der Waals surface area contributed by atoms with E-state index in [1.54, 1.807) is 24.3 Å². The van der Waals surface area contributed by atoms with E-state index in [1.165, 1.54) is 0 Å². The second-order valence-electron chi connectivity index (χ2n) is 2.45. The molecule has 0 saturated heterocycles. The van der Waals surface area contributed by atoms with Crippen LogP contribution in [-0.4, -0.2) is 12.7 Å². The van der Waals surface area contributed by atoms with E-state index in [4.69, 9.17) is 16.3 Å². The summed E-state index contributed by atoms with van der Waals surface area (Å²) in [6.45, 7) is 0.0687. The summed E-state index contributed by atoms with van der Waals surface area (Å²) in [7, 11) is 0. The Bertz CT molecular complexity index is 411. The van der Waals surface area contributed by atoms with Crippen LogP contribution in [0.1, 0.15) is 0 Å². The lowest BCUT2D eigenvalue weighted by Gasteiger charge is -2.05. The molecule has 0 aliphatic rings. The van der Waals surface area contributed by atoms with Crippen molar-refractivity contribution in [1.29, 1.82) is 0 Å². The van der Waals surface area contributed by atoms with Crippen molar-refractivity contribution < 1.29 is 9.53 Å². The molecule has 1 aromatic rings. The zero-order valence-electron chi connectivity index (χ0n) is 7.59. The Kier molecular flexibility index (Phi) is 5.29. The first kappa shape index (κ1) is 12.1.